The SMILES string of the molecule is CCCCN(Cc1ccco1)c1ccc(NC(=O)Nc2ccc(F)c(F)c2)cc1C(=O)N1CCCCC1. The van der Waals surface area contributed by atoms with Gasteiger partial charge in [-0.05, 0) is 68.1 Å². The largest absolute Gasteiger partial charge is 0.467 e. The van der Waals surface area contributed by atoms with Gasteiger partial charge >= 0.3 is 6.03 Å². The van der Waals surface area contributed by atoms with Crippen LogP contribution >= 0.6 is 0 Å². The molecule has 37 heavy (non-hydrogen) atoms. The average Bonchev–Trinajstić information content (AvgIpc) is 3.42. The molecule has 7 nitrogen and oxygen atoms in total. The van der Waals surface area contributed by atoms with Crippen LogP contribution in [0.3, 0.4) is 0 Å². The summed E-state index contributed by atoms with van der Waals surface area (Å²) in [5.74, 6) is -1.34. The second-order valence-electron chi connectivity index (χ2n) is 9.15. The fourth-order valence-electron chi connectivity index (χ4n) is 4.42. The van der Waals surface area contributed by atoms with E-state index in [0.717, 1.165) is 62.2 Å². The van der Waals surface area contributed by atoms with E-state index in [1.807, 2.05) is 23.1 Å². The highest BCUT2D eigenvalue weighted by molar-refractivity contribution is 6.04. The van der Waals surface area contributed by atoms with Crippen LogP contribution in [0.1, 0.15) is 55.1 Å². The maximum absolute atomic E-state index is 13.7. The molecule has 0 saturated carbocycles. The van der Waals surface area contributed by atoms with E-state index in [-0.39, 0.29) is 11.6 Å². The number of rotatable bonds is 9. The lowest BCUT2D eigenvalue weighted by Gasteiger charge is -2.31. The van der Waals surface area contributed by atoms with Gasteiger partial charge in [0.15, 0.2) is 11.6 Å². The molecule has 1 fully saturated rings. The number of furan rings is 1. The number of carbonyl (C=O) groups excluding carboxylic acids is 2. The molecule has 0 aliphatic carbocycles. The normalized spacial score (nSPS) is 13.3. The van der Waals surface area contributed by atoms with Crippen molar-refractivity contribution in [3.8, 4) is 0 Å². The third-order valence-electron chi connectivity index (χ3n) is 6.35. The number of amides is 3. The van der Waals surface area contributed by atoms with Crippen LogP contribution in [0.25, 0.3) is 0 Å². The predicted octanol–water partition coefficient (Wildman–Crippen LogP) is 6.63. The van der Waals surface area contributed by atoms with E-state index < -0.39 is 17.7 Å². The number of unbranched alkanes of at least 4 members (excludes halogenated alkanes) is 1. The van der Waals surface area contributed by atoms with Crippen LogP contribution in [0.4, 0.5) is 30.6 Å². The summed E-state index contributed by atoms with van der Waals surface area (Å²) in [6, 6.07) is 11.5. The molecule has 2 aromatic carbocycles. The topological polar surface area (TPSA) is 77.8 Å². The van der Waals surface area contributed by atoms with E-state index in [0.29, 0.717) is 30.9 Å². The van der Waals surface area contributed by atoms with Crippen molar-refractivity contribution in [3.63, 3.8) is 0 Å². The van der Waals surface area contributed by atoms with Crippen LogP contribution in [-0.2, 0) is 6.54 Å². The number of piperidine rings is 1. The van der Waals surface area contributed by atoms with E-state index in [4.69, 9.17) is 4.42 Å². The van der Waals surface area contributed by atoms with E-state index in [1.54, 1.807) is 18.4 Å². The standard InChI is InChI=1S/C28H32F2N4O3/c1-2-3-13-34(19-22-8-7-16-37-22)26-12-10-20(17-23(26)27(35)33-14-5-4-6-15-33)31-28(36)32-21-9-11-24(29)25(30)18-21/h7-12,16-18H,2-6,13-15,19H2,1H3,(H2,31,32,36). The Morgan fingerprint density at radius 3 is 2.38 bits per heavy atom. The molecule has 2 N–H and O–H groups in total. The highest BCUT2D eigenvalue weighted by atomic mass is 19.2. The van der Waals surface area contributed by atoms with Gasteiger partial charge in [0.2, 0.25) is 0 Å². The summed E-state index contributed by atoms with van der Waals surface area (Å²) in [6.07, 6.45) is 6.58. The van der Waals surface area contributed by atoms with E-state index in [9.17, 15) is 18.4 Å². The van der Waals surface area contributed by atoms with Gasteiger partial charge in [-0.1, -0.05) is 13.3 Å². The van der Waals surface area contributed by atoms with Crippen LogP contribution in [0, 0.1) is 11.6 Å². The van der Waals surface area contributed by atoms with Gasteiger partial charge < -0.3 is 24.9 Å². The van der Waals surface area contributed by atoms with Crippen molar-refractivity contribution < 1.29 is 22.8 Å². The number of nitrogens with one attached hydrogen (secondary N) is 2. The number of halogens is 2. The first-order valence-corrected chi connectivity index (χ1v) is 12.7. The minimum absolute atomic E-state index is 0.0830. The van der Waals surface area contributed by atoms with Gasteiger partial charge in [-0.25, -0.2) is 13.6 Å². The van der Waals surface area contributed by atoms with Gasteiger partial charge in [0, 0.05) is 37.1 Å². The van der Waals surface area contributed by atoms with Crippen molar-refractivity contribution in [1.29, 1.82) is 0 Å². The first-order valence-electron chi connectivity index (χ1n) is 12.7. The Labute approximate surface area is 215 Å². The highest BCUT2D eigenvalue weighted by Gasteiger charge is 2.24. The molecule has 1 saturated heterocycles. The molecule has 0 unspecified atom stereocenters. The molecule has 1 aliphatic heterocycles. The molecule has 196 valence electrons. The van der Waals surface area contributed by atoms with Crippen molar-refractivity contribution >= 4 is 29.0 Å². The number of urea groups is 1. The van der Waals surface area contributed by atoms with E-state index >= 15 is 0 Å². The summed E-state index contributed by atoms with van der Waals surface area (Å²) in [4.78, 5) is 30.2. The maximum atomic E-state index is 13.7. The third kappa shape index (κ3) is 6.87. The van der Waals surface area contributed by atoms with Crippen molar-refractivity contribution in [2.45, 2.75) is 45.6 Å². The number of benzene rings is 2. The van der Waals surface area contributed by atoms with Crippen molar-refractivity contribution in [1.82, 2.24) is 4.90 Å². The Bertz CT molecular complexity index is 1210. The third-order valence-corrected chi connectivity index (χ3v) is 6.35. The summed E-state index contributed by atoms with van der Waals surface area (Å²) < 4.78 is 32.3. The molecule has 0 atom stereocenters. The Kier molecular flexibility index (Phi) is 8.77. The summed E-state index contributed by atoms with van der Waals surface area (Å²) in [7, 11) is 0. The first-order chi connectivity index (χ1) is 17.9. The van der Waals surface area contributed by atoms with Gasteiger partial charge in [-0.3, -0.25) is 4.79 Å². The molecule has 1 aromatic heterocycles. The lowest BCUT2D eigenvalue weighted by atomic mass is 10.1. The Hall–Kier alpha value is -3.88. The average molecular weight is 511 g/mol. The fourth-order valence-corrected chi connectivity index (χ4v) is 4.42. The van der Waals surface area contributed by atoms with Gasteiger partial charge in [0.25, 0.3) is 5.91 Å². The number of hydrogen-bond acceptors (Lipinski definition) is 4. The number of nitrogens with zero attached hydrogens (tertiary/aromatic N) is 2. The molecule has 2 heterocycles. The monoisotopic (exact) mass is 510 g/mol. The molecule has 0 spiro atoms. The van der Waals surface area contributed by atoms with Gasteiger partial charge in [0.05, 0.1) is 24.1 Å². The van der Waals surface area contributed by atoms with Crippen LogP contribution in [0.2, 0.25) is 0 Å². The van der Waals surface area contributed by atoms with Crippen molar-refractivity contribution in [2.75, 3.05) is 35.2 Å². The first kappa shape index (κ1) is 26.2. The van der Waals surface area contributed by atoms with Crippen LogP contribution in [0.5, 0.6) is 0 Å². The number of anilines is 3. The Balaban J connectivity index is 1.61. The molecule has 1 aliphatic rings. The lowest BCUT2D eigenvalue weighted by molar-refractivity contribution is 0.0725. The van der Waals surface area contributed by atoms with E-state index in [1.165, 1.54) is 6.07 Å². The molecule has 0 bridgehead atoms. The Morgan fingerprint density at radius 1 is 0.973 bits per heavy atom. The number of carbonyl (C=O) groups is 2. The Morgan fingerprint density at radius 2 is 1.70 bits per heavy atom. The fraction of sp³-hybridized carbons (Fsp3) is 0.357. The summed E-state index contributed by atoms with van der Waals surface area (Å²) in [5, 5.41) is 5.19. The zero-order chi connectivity index (χ0) is 26.2. The molecule has 3 amide bonds. The van der Waals surface area contributed by atoms with Crippen LogP contribution in [0.15, 0.2) is 59.2 Å². The molecular formula is C28H32F2N4O3. The minimum Gasteiger partial charge on any atom is -0.467 e. The second-order valence-corrected chi connectivity index (χ2v) is 9.15. The molecule has 4 rings (SSSR count). The second kappa shape index (κ2) is 12.4. The van der Waals surface area contributed by atoms with Crippen molar-refractivity contribution in [2.24, 2.45) is 0 Å². The number of likely N-dealkylation sites (tertiary alicyclic amines) is 1. The van der Waals surface area contributed by atoms with Crippen LogP contribution < -0.4 is 15.5 Å². The minimum atomic E-state index is -1.06. The molecular weight excluding hydrogens is 478 g/mol. The highest BCUT2D eigenvalue weighted by Crippen LogP contribution is 2.29. The summed E-state index contributed by atoms with van der Waals surface area (Å²) in [6.45, 7) is 4.75. The lowest BCUT2D eigenvalue weighted by Crippen LogP contribution is -2.37. The summed E-state index contributed by atoms with van der Waals surface area (Å²) >= 11 is 0. The van der Waals surface area contributed by atoms with Gasteiger partial charge in [-0.2, -0.15) is 0 Å². The smallest absolute Gasteiger partial charge is 0.323 e. The molecule has 3 aromatic rings. The zero-order valence-electron chi connectivity index (χ0n) is 20.9. The number of hydrogen-bond donors (Lipinski definition) is 2. The maximum Gasteiger partial charge on any atom is 0.323 e. The van der Waals surface area contributed by atoms with Crippen LogP contribution in [-0.4, -0.2) is 36.5 Å². The molecule has 9 heteroatoms. The van der Waals surface area contributed by atoms with E-state index in [2.05, 4.69) is 22.5 Å². The molecule has 0 radical (unpaired) electrons. The van der Waals surface area contributed by atoms with Gasteiger partial charge in [0.1, 0.15) is 5.76 Å². The zero-order valence-corrected chi connectivity index (χ0v) is 20.9. The van der Waals surface area contributed by atoms with Gasteiger partial charge in [-0.15, -0.1) is 0 Å². The summed E-state index contributed by atoms with van der Waals surface area (Å²) in [5.41, 5.74) is 1.79. The predicted molar refractivity (Wildman–Crippen MR) is 140 cm³/mol. The quantitative estimate of drug-likeness (QED) is 0.339. The van der Waals surface area contributed by atoms with Crippen molar-refractivity contribution in [3.05, 3.63) is 77.8 Å².